The first-order valence-corrected chi connectivity index (χ1v) is 19.3. The number of nitriles is 1. The third-order valence-electron chi connectivity index (χ3n) is 11.3. The van der Waals surface area contributed by atoms with Crippen molar-refractivity contribution in [1.29, 1.82) is 5.26 Å². The number of piperazine rings is 1. The number of amides is 1. The van der Waals surface area contributed by atoms with Crippen molar-refractivity contribution in [3.8, 4) is 6.07 Å². The lowest BCUT2D eigenvalue weighted by molar-refractivity contribution is -0.133. The molecule has 0 unspecified atom stereocenters. The summed E-state index contributed by atoms with van der Waals surface area (Å²) in [7, 11) is 0. The Morgan fingerprint density at radius 2 is 1.75 bits per heavy atom. The van der Waals surface area contributed by atoms with Gasteiger partial charge in [-0.1, -0.05) is 31.7 Å². The summed E-state index contributed by atoms with van der Waals surface area (Å²) in [6.07, 6.45) is 4.92. The first-order valence-electron chi connectivity index (χ1n) is 18.4. The average Bonchev–Trinajstić information content (AvgIpc) is 3.87. The Hall–Kier alpha value is -3.73. The molecule has 3 fully saturated rings. The lowest BCUT2D eigenvalue weighted by Gasteiger charge is -2.35. The van der Waals surface area contributed by atoms with E-state index >= 15 is 0 Å². The molecule has 0 radical (unpaired) electrons. The third-order valence-corrected chi connectivity index (χ3v) is 12.3. The van der Waals surface area contributed by atoms with Gasteiger partial charge in [-0.15, -0.1) is 11.3 Å². The molecule has 1 aliphatic carbocycles. The van der Waals surface area contributed by atoms with Crippen molar-refractivity contribution >= 4 is 44.2 Å². The number of nitrogens with zero attached hydrogens (tertiary/aromatic N) is 7. The summed E-state index contributed by atoms with van der Waals surface area (Å²) < 4.78 is 41.1. The van der Waals surface area contributed by atoms with Gasteiger partial charge in [0, 0.05) is 87.1 Å². The molecular formula is C38H47F3N8OS. The number of likely N-dealkylation sites (tertiary alicyclic amines) is 1. The summed E-state index contributed by atoms with van der Waals surface area (Å²) in [5.74, 6) is 1.65. The average molecular weight is 721 g/mol. The smallest absolute Gasteiger partial charge is 0.367 e. The quantitative estimate of drug-likeness (QED) is 0.176. The van der Waals surface area contributed by atoms with Crippen LogP contribution in [0.1, 0.15) is 73.1 Å². The molecule has 3 aliphatic rings. The van der Waals surface area contributed by atoms with Crippen LogP contribution in [0.4, 0.5) is 19.0 Å². The zero-order valence-electron chi connectivity index (χ0n) is 29.4. The molecule has 1 aromatic carbocycles. The number of thiophene rings is 1. The molecule has 51 heavy (non-hydrogen) atoms. The van der Waals surface area contributed by atoms with E-state index < -0.39 is 12.6 Å². The number of nitrogens with one attached hydrogen (secondary N) is 1. The van der Waals surface area contributed by atoms with Crippen LogP contribution in [0.15, 0.2) is 30.6 Å². The molecule has 5 heterocycles. The molecule has 1 saturated carbocycles. The van der Waals surface area contributed by atoms with Crippen LogP contribution in [-0.2, 0) is 24.3 Å². The van der Waals surface area contributed by atoms with Gasteiger partial charge in [-0.05, 0) is 61.4 Å². The first kappa shape index (κ1) is 35.7. The molecule has 0 spiro atoms. The minimum absolute atomic E-state index is 0.172. The highest BCUT2D eigenvalue weighted by Gasteiger charge is 2.30. The van der Waals surface area contributed by atoms with E-state index in [0.717, 1.165) is 106 Å². The van der Waals surface area contributed by atoms with Crippen LogP contribution in [0.3, 0.4) is 0 Å². The van der Waals surface area contributed by atoms with Gasteiger partial charge in [-0.2, -0.15) is 18.4 Å². The van der Waals surface area contributed by atoms with Crippen molar-refractivity contribution in [2.75, 3.05) is 51.1 Å². The van der Waals surface area contributed by atoms with Crippen LogP contribution in [0.5, 0.6) is 0 Å². The molecule has 2 saturated heterocycles. The molecule has 3 aromatic heterocycles. The van der Waals surface area contributed by atoms with Gasteiger partial charge in [-0.25, -0.2) is 9.97 Å². The number of rotatable bonds is 11. The molecule has 1 N–H and O–H groups in total. The number of carbonyl (C=O) groups excluding carboxylic acids is 1. The molecule has 2 aliphatic heterocycles. The van der Waals surface area contributed by atoms with E-state index in [2.05, 4.69) is 54.8 Å². The maximum Gasteiger partial charge on any atom is 0.393 e. The zero-order chi connectivity index (χ0) is 35.5. The Labute approximate surface area is 301 Å². The molecule has 9 nitrogen and oxygen atoms in total. The monoisotopic (exact) mass is 720 g/mol. The Morgan fingerprint density at radius 3 is 2.47 bits per heavy atom. The SMILES string of the molecule is Cc1c(CN2CCC(Nc3ncnc4sc(CC(F)(F)F)cc34)CC2)ccc2c1cc(C#N)n2CCN1CCN(C(=O)CCC2CCCC2)CC1. The lowest BCUT2D eigenvalue weighted by Crippen LogP contribution is -2.49. The van der Waals surface area contributed by atoms with E-state index in [4.69, 9.17) is 0 Å². The van der Waals surface area contributed by atoms with E-state index in [1.54, 1.807) is 6.07 Å². The number of halogens is 3. The van der Waals surface area contributed by atoms with E-state index in [1.165, 1.54) is 43.1 Å². The van der Waals surface area contributed by atoms with E-state index in [0.29, 0.717) is 34.1 Å². The Balaban J connectivity index is 0.914. The van der Waals surface area contributed by atoms with Gasteiger partial charge in [0.2, 0.25) is 5.91 Å². The predicted octanol–water partition coefficient (Wildman–Crippen LogP) is 7.12. The number of anilines is 1. The van der Waals surface area contributed by atoms with Gasteiger partial charge >= 0.3 is 6.18 Å². The standard InChI is InChI=1S/C38H47F3N8OS/c1-26-28(24-47-12-10-29(11-13-47)45-36-33-21-31(22-38(39,40)41)51-37(33)44-25-43-36)7-8-34-32(26)20-30(23-42)49(34)19-16-46-14-17-48(18-15-46)35(50)9-6-27-4-2-3-5-27/h7-8,20-21,25,27,29H,2-6,9-19,22,24H2,1H3,(H,43,44,45). The summed E-state index contributed by atoms with van der Waals surface area (Å²) in [4.78, 5) is 29.1. The fraction of sp³-hybridized carbons (Fsp3) is 0.579. The molecule has 1 amide bonds. The summed E-state index contributed by atoms with van der Waals surface area (Å²) in [5, 5.41) is 15.3. The number of aromatic nitrogens is 3. The van der Waals surface area contributed by atoms with Gasteiger partial charge in [0.25, 0.3) is 0 Å². The topological polar surface area (TPSA) is 93.3 Å². The van der Waals surface area contributed by atoms with Crippen molar-refractivity contribution in [3.63, 3.8) is 0 Å². The molecule has 0 bridgehead atoms. The van der Waals surface area contributed by atoms with E-state index in [9.17, 15) is 23.2 Å². The molecule has 7 rings (SSSR count). The fourth-order valence-corrected chi connectivity index (χ4v) is 9.27. The van der Waals surface area contributed by atoms with E-state index in [1.807, 2.05) is 11.0 Å². The predicted molar refractivity (Wildman–Crippen MR) is 195 cm³/mol. The summed E-state index contributed by atoms with van der Waals surface area (Å²) in [6.45, 7) is 9.60. The maximum atomic E-state index is 13.0. The molecular weight excluding hydrogens is 674 g/mol. The summed E-state index contributed by atoms with van der Waals surface area (Å²) in [6, 6.07) is 10.5. The second kappa shape index (κ2) is 15.5. The maximum absolute atomic E-state index is 13.0. The van der Waals surface area contributed by atoms with Gasteiger partial charge in [-0.3, -0.25) is 14.6 Å². The zero-order valence-corrected chi connectivity index (χ0v) is 30.2. The van der Waals surface area contributed by atoms with Gasteiger partial charge in [0.15, 0.2) is 0 Å². The van der Waals surface area contributed by atoms with E-state index in [-0.39, 0.29) is 10.9 Å². The number of hydrogen-bond donors (Lipinski definition) is 1. The van der Waals surface area contributed by atoms with Crippen LogP contribution in [0, 0.1) is 24.2 Å². The second-order valence-corrected chi connectivity index (χ2v) is 15.7. The number of fused-ring (bicyclic) bond motifs is 2. The molecule has 13 heteroatoms. The summed E-state index contributed by atoms with van der Waals surface area (Å²) in [5.41, 5.74) is 4.20. The Morgan fingerprint density at radius 1 is 0.980 bits per heavy atom. The minimum Gasteiger partial charge on any atom is -0.367 e. The van der Waals surface area contributed by atoms with Gasteiger partial charge < -0.3 is 14.8 Å². The van der Waals surface area contributed by atoms with Crippen LogP contribution >= 0.6 is 11.3 Å². The number of benzene rings is 1. The van der Waals surface area contributed by atoms with Crippen LogP contribution in [-0.4, -0.2) is 93.2 Å². The Kier molecular flexibility index (Phi) is 10.8. The second-order valence-electron chi connectivity index (χ2n) is 14.6. The van der Waals surface area contributed by atoms with Crippen molar-refractivity contribution in [1.82, 2.24) is 29.2 Å². The lowest BCUT2D eigenvalue weighted by atomic mass is 10.0. The van der Waals surface area contributed by atoms with Crippen molar-refractivity contribution < 1.29 is 18.0 Å². The molecule has 0 atom stereocenters. The fourth-order valence-electron chi connectivity index (χ4n) is 8.25. The minimum atomic E-state index is -4.26. The number of carbonyl (C=O) groups is 1. The molecule has 4 aromatic rings. The van der Waals surface area contributed by atoms with Crippen molar-refractivity contribution in [3.05, 3.63) is 52.3 Å². The number of piperidine rings is 1. The number of aryl methyl sites for hydroxylation is 1. The normalized spacial score (nSPS) is 18.6. The Bertz CT molecular complexity index is 1880. The highest BCUT2D eigenvalue weighted by Crippen LogP contribution is 2.34. The largest absolute Gasteiger partial charge is 0.393 e. The van der Waals surface area contributed by atoms with Crippen molar-refractivity contribution in [2.45, 2.75) is 90.0 Å². The summed E-state index contributed by atoms with van der Waals surface area (Å²) >= 11 is 1.07. The number of hydrogen-bond acceptors (Lipinski definition) is 8. The van der Waals surface area contributed by atoms with Crippen LogP contribution in [0.2, 0.25) is 0 Å². The van der Waals surface area contributed by atoms with Crippen molar-refractivity contribution in [2.24, 2.45) is 5.92 Å². The van der Waals surface area contributed by atoms with Crippen LogP contribution < -0.4 is 5.32 Å². The van der Waals surface area contributed by atoms with Gasteiger partial charge in [0.1, 0.15) is 28.7 Å². The highest BCUT2D eigenvalue weighted by molar-refractivity contribution is 7.18. The van der Waals surface area contributed by atoms with Crippen LogP contribution in [0.25, 0.3) is 21.1 Å². The van der Waals surface area contributed by atoms with Gasteiger partial charge in [0.05, 0.1) is 11.8 Å². The first-order chi connectivity index (χ1) is 24.6. The third kappa shape index (κ3) is 8.50. The molecule has 272 valence electrons. The number of alkyl halides is 3. The highest BCUT2D eigenvalue weighted by atomic mass is 32.1.